The summed E-state index contributed by atoms with van der Waals surface area (Å²) in [6.45, 7) is 12.4. The summed E-state index contributed by atoms with van der Waals surface area (Å²) >= 11 is 0. The average molecular weight is 352 g/mol. The number of anilines is 1. The molecule has 2 unspecified atom stereocenters. The highest BCUT2D eigenvalue weighted by Gasteiger charge is 2.36. The van der Waals surface area contributed by atoms with Gasteiger partial charge in [0.1, 0.15) is 6.04 Å². The van der Waals surface area contributed by atoms with Gasteiger partial charge < -0.3 is 14.8 Å². The van der Waals surface area contributed by atoms with Gasteiger partial charge in [-0.25, -0.2) is 4.79 Å². The van der Waals surface area contributed by atoms with E-state index in [0.717, 1.165) is 5.69 Å². The van der Waals surface area contributed by atoms with E-state index in [4.69, 9.17) is 9.47 Å². The van der Waals surface area contributed by atoms with E-state index in [2.05, 4.69) is 18.4 Å². The Kier molecular flexibility index (Phi) is 7.47. The van der Waals surface area contributed by atoms with Gasteiger partial charge in [-0.05, 0) is 32.9 Å². The summed E-state index contributed by atoms with van der Waals surface area (Å²) in [4.78, 5) is 23.7. The third kappa shape index (κ3) is 5.09. The van der Waals surface area contributed by atoms with Crippen LogP contribution in [0.15, 0.2) is 24.3 Å². The first kappa shape index (κ1) is 20.2. The Labute approximate surface area is 145 Å². The molecule has 1 N–H and O–H groups in total. The molecule has 0 saturated heterocycles. The van der Waals surface area contributed by atoms with Crippen LogP contribution in [0.4, 0.5) is 5.69 Å². The van der Waals surface area contributed by atoms with Crippen LogP contribution in [0.2, 0.25) is 18.6 Å². The lowest BCUT2D eigenvalue weighted by Crippen LogP contribution is -2.48. The second-order valence-electron chi connectivity index (χ2n) is 6.39. The Morgan fingerprint density at radius 2 is 1.50 bits per heavy atom. The molecule has 6 heteroatoms. The zero-order valence-corrected chi connectivity index (χ0v) is 16.5. The van der Waals surface area contributed by atoms with E-state index in [1.165, 1.54) is 5.19 Å². The van der Waals surface area contributed by atoms with Gasteiger partial charge in [0.25, 0.3) is 0 Å². The first-order chi connectivity index (χ1) is 11.2. The van der Waals surface area contributed by atoms with E-state index >= 15 is 0 Å². The van der Waals surface area contributed by atoms with Crippen LogP contribution in [0.1, 0.15) is 27.7 Å². The van der Waals surface area contributed by atoms with Crippen molar-refractivity contribution in [3.63, 3.8) is 0 Å². The zero-order valence-electron chi connectivity index (χ0n) is 15.5. The number of esters is 2. The van der Waals surface area contributed by atoms with E-state index in [0.29, 0.717) is 13.2 Å². The Balaban J connectivity index is 2.82. The largest absolute Gasteiger partial charge is 0.466 e. The van der Waals surface area contributed by atoms with Gasteiger partial charge in [-0.2, -0.15) is 0 Å². The summed E-state index contributed by atoms with van der Waals surface area (Å²) in [5, 5.41) is 4.30. The van der Waals surface area contributed by atoms with E-state index in [-0.39, 0.29) is 17.5 Å². The smallest absolute Gasteiger partial charge is 0.328 e. The molecule has 0 radical (unpaired) electrons. The van der Waals surface area contributed by atoms with Gasteiger partial charge in [-0.15, -0.1) is 0 Å². The van der Waals surface area contributed by atoms with Gasteiger partial charge in [0, 0.05) is 5.69 Å². The number of hydrogen-bond acceptors (Lipinski definition) is 5. The molecule has 1 aromatic rings. The lowest BCUT2D eigenvalue weighted by molar-refractivity contribution is -0.144. The molecule has 0 aliphatic rings. The van der Waals surface area contributed by atoms with Crippen molar-refractivity contribution in [1.29, 1.82) is 0 Å². The molecule has 0 spiro atoms. The minimum Gasteiger partial charge on any atom is -0.466 e. The van der Waals surface area contributed by atoms with Gasteiger partial charge in [0.05, 0.1) is 26.8 Å². The van der Waals surface area contributed by atoms with Crippen molar-refractivity contribution in [3.8, 4) is 0 Å². The minimum absolute atomic E-state index is 0.116. The maximum absolute atomic E-state index is 12.1. The van der Waals surface area contributed by atoms with Crippen LogP contribution in [0.3, 0.4) is 0 Å². The molecule has 0 bridgehead atoms. The number of nitrogens with one attached hydrogen (secondary N) is 1. The fourth-order valence-corrected chi connectivity index (χ4v) is 4.58. The Bertz CT molecular complexity index is 557. The molecular formula is C18H29NO4Si. The SMILES string of the molecule is CCOC(=O)C(C)Nc1ccc([Si](C)(C)C(C)C(=O)OCC)cc1. The van der Waals surface area contributed by atoms with Crippen molar-refractivity contribution in [1.82, 2.24) is 0 Å². The van der Waals surface area contributed by atoms with Crippen molar-refractivity contribution < 1.29 is 19.1 Å². The second kappa shape index (κ2) is 8.87. The normalized spacial score (nSPS) is 13.8. The average Bonchev–Trinajstić information content (AvgIpc) is 2.55. The highest BCUT2D eigenvalue weighted by atomic mass is 28.3. The summed E-state index contributed by atoms with van der Waals surface area (Å²) in [6, 6.07) is 7.54. The molecule has 0 heterocycles. The lowest BCUT2D eigenvalue weighted by atomic mass is 10.2. The predicted molar refractivity (Wildman–Crippen MR) is 99.3 cm³/mol. The van der Waals surface area contributed by atoms with E-state index in [1.54, 1.807) is 13.8 Å². The molecule has 0 aliphatic carbocycles. The predicted octanol–water partition coefficient (Wildman–Crippen LogP) is 2.92. The number of carbonyl (C=O) groups excluding carboxylic acids is 2. The van der Waals surface area contributed by atoms with Crippen molar-refractivity contribution in [2.24, 2.45) is 0 Å². The molecule has 0 saturated carbocycles. The van der Waals surface area contributed by atoms with Crippen LogP contribution in [-0.2, 0) is 19.1 Å². The second-order valence-corrected chi connectivity index (χ2v) is 11.3. The molecule has 134 valence electrons. The van der Waals surface area contributed by atoms with Gasteiger partial charge in [-0.1, -0.05) is 37.3 Å². The Hall–Kier alpha value is -1.82. The third-order valence-electron chi connectivity index (χ3n) is 4.37. The summed E-state index contributed by atoms with van der Waals surface area (Å²) in [5.74, 6) is -0.403. The molecule has 1 aromatic carbocycles. The fourth-order valence-electron chi connectivity index (χ4n) is 2.38. The highest BCUT2D eigenvalue weighted by molar-refractivity contribution is 6.93. The summed E-state index contributed by atoms with van der Waals surface area (Å²) in [6.07, 6.45) is 0. The highest BCUT2D eigenvalue weighted by Crippen LogP contribution is 2.23. The van der Waals surface area contributed by atoms with E-state index < -0.39 is 14.1 Å². The van der Waals surface area contributed by atoms with E-state index in [9.17, 15) is 9.59 Å². The first-order valence-electron chi connectivity index (χ1n) is 8.44. The third-order valence-corrected chi connectivity index (χ3v) is 8.60. The maximum Gasteiger partial charge on any atom is 0.328 e. The first-order valence-corrected chi connectivity index (χ1v) is 11.5. The van der Waals surface area contributed by atoms with Crippen LogP contribution < -0.4 is 10.5 Å². The van der Waals surface area contributed by atoms with E-state index in [1.807, 2.05) is 38.1 Å². The van der Waals surface area contributed by atoms with Crippen LogP contribution >= 0.6 is 0 Å². The molecule has 0 fully saturated rings. The van der Waals surface area contributed by atoms with Crippen molar-refractivity contribution in [3.05, 3.63) is 24.3 Å². The quantitative estimate of drug-likeness (QED) is 0.576. The van der Waals surface area contributed by atoms with Crippen LogP contribution in [-0.4, -0.2) is 39.3 Å². The lowest BCUT2D eigenvalue weighted by Gasteiger charge is -2.29. The van der Waals surface area contributed by atoms with Crippen LogP contribution in [0, 0.1) is 0 Å². The summed E-state index contributed by atoms with van der Waals surface area (Å²) in [7, 11) is -1.97. The fraction of sp³-hybridized carbons (Fsp3) is 0.556. The molecule has 0 aromatic heterocycles. The molecule has 0 aliphatic heterocycles. The van der Waals surface area contributed by atoms with Crippen LogP contribution in [0.5, 0.6) is 0 Å². The van der Waals surface area contributed by atoms with Gasteiger partial charge in [0.15, 0.2) is 0 Å². The molecule has 2 atom stereocenters. The van der Waals surface area contributed by atoms with Crippen molar-refractivity contribution in [2.75, 3.05) is 18.5 Å². The number of hydrogen-bond donors (Lipinski definition) is 1. The molecular weight excluding hydrogens is 322 g/mol. The zero-order chi connectivity index (χ0) is 18.3. The number of ether oxygens (including phenoxy) is 2. The summed E-state index contributed by atoms with van der Waals surface area (Å²) < 4.78 is 10.2. The Morgan fingerprint density at radius 3 is 2.00 bits per heavy atom. The maximum atomic E-state index is 12.1. The molecule has 24 heavy (non-hydrogen) atoms. The standard InChI is InChI=1S/C18H29NO4Si/c1-7-22-17(20)13(3)19-15-9-11-16(12-10-15)24(5,6)14(4)18(21)23-8-2/h9-14,19H,7-8H2,1-6H3. The topological polar surface area (TPSA) is 64.6 Å². The number of rotatable bonds is 8. The number of benzene rings is 1. The van der Waals surface area contributed by atoms with Crippen molar-refractivity contribution in [2.45, 2.75) is 52.4 Å². The molecule has 1 rings (SSSR count). The monoisotopic (exact) mass is 351 g/mol. The molecule has 5 nitrogen and oxygen atoms in total. The van der Waals surface area contributed by atoms with Crippen molar-refractivity contribution >= 4 is 30.9 Å². The van der Waals surface area contributed by atoms with Gasteiger partial charge in [-0.3, -0.25) is 4.79 Å². The van der Waals surface area contributed by atoms with Crippen LogP contribution in [0.25, 0.3) is 0 Å². The summed E-state index contributed by atoms with van der Waals surface area (Å²) in [5.41, 5.74) is 0.739. The number of carbonyl (C=O) groups is 2. The molecule has 0 amide bonds. The minimum atomic E-state index is -1.97. The van der Waals surface area contributed by atoms with Gasteiger partial charge >= 0.3 is 11.9 Å². The Morgan fingerprint density at radius 1 is 1.00 bits per heavy atom. The van der Waals surface area contributed by atoms with Gasteiger partial charge in [0.2, 0.25) is 0 Å².